The van der Waals surface area contributed by atoms with Gasteiger partial charge in [-0.1, -0.05) is 0 Å². The normalized spacial score (nSPS) is 11.2. The molecule has 0 amide bonds. The molecule has 1 N–H and O–H groups in total. The van der Waals surface area contributed by atoms with E-state index in [0.29, 0.717) is 0 Å². The van der Waals surface area contributed by atoms with E-state index in [9.17, 15) is 0 Å². The summed E-state index contributed by atoms with van der Waals surface area (Å²) in [5.41, 5.74) is 2.25. The summed E-state index contributed by atoms with van der Waals surface area (Å²) in [7, 11) is 5.74. The average molecular weight is 434 g/mol. The van der Waals surface area contributed by atoms with Crippen molar-refractivity contribution in [2.24, 2.45) is 12.0 Å². The molecule has 0 aliphatic rings. The number of aromatic nitrogens is 3. The Morgan fingerprint density at radius 1 is 1.45 bits per heavy atom. The maximum Gasteiger partial charge on any atom is 0.193 e. The predicted molar refractivity (Wildman–Crippen MR) is 102 cm³/mol. The van der Waals surface area contributed by atoms with Crippen molar-refractivity contribution in [2.75, 3.05) is 14.1 Å². The maximum absolute atomic E-state index is 4.44. The molecule has 2 heterocycles. The van der Waals surface area contributed by atoms with Gasteiger partial charge in [-0.15, -0.1) is 35.3 Å². The molecule has 8 heteroatoms. The van der Waals surface area contributed by atoms with E-state index in [1.807, 2.05) is 45.0 Å². The van der Waals surface area contributed by atoms with Crippen LogP contribution in [0, 0.1) is 13.8 Å². The third-order valence-corrected chi connectivity index (χ3v) is 4.23. The number of hydrogen-bond donors (Lipinski definition) is 1. The molecule has 0 saturated carbocycles. The Labute approximate surface area is 152 Å². The van der Waals surface area contributed by atoms with Gasteiger partial charge < -0.3 is 10.2 Å². The monoisotopic (exact) mass is 434 g/mol. The van der Waals surface area contributed by atoms with Crippen molar-refractivity contribution in [3.05, 3.63) is 33.5 Å². The lowest BCUT2D eigenvalue weighted by Gasteiger charge is -2.21. The molecule has 0 aliphatic carbocycles. The van der Waals surface area contributed by atoms with Gasteiger partial charge in [0.25, 0.3) is 0 Å². The van der Waals surface area contributed by atoms with Crippen molar-refractivity contribution < 1.29 is 0 Å². The topological polar surface area (TPSA) is 58.3 Å². The smallest absolute Gasteiger partial charge is 0.193 e. The van der Waals surface area contributed by atoms with Crippen LogP contribution in [0.5, 0.6) is 0 Å². The summed E-state index contributed by atoms with van der Waals surface area (Å²) in [4.78, 5) is 12.1. The maximum atomic E-state index is 4.44. The number of hydrogen-bond acceptors (Lipinski definition) is 4. The number of guanidine groups is 1. The molecular formula is C14H23IN6S. The number of aryl methyl sites for hydroxylation is 3. The molecule has 6 nitrogen and oxygen atoms in total. The molecule has 2 rings (SSSR count). The molecular weight excluding hydrogens is 411 g/mol. The molecule has 0 atom stereocenters. The first-order chi connectivity index (χ1) is 9.99. The summed E-state index contributed by atoms with van der Waals surface area (Å²) in [5.74, 6) is 0.865. The molecule has 0 spiro atoms. The summed E-state index contributed by atoms with van der Waals surface area (Å²) in [6.45, 7) is 5.60. The standard InChI is InChI=1S/C14H22N6S.HI/c1-10-13(21-11(2)18-10)7-16-14(15-3)19(4)8-12-6-17-20(5)9-12;/h6,9H,7-8H2,1-5H3,(H,15,16);1H. The van der Waals surface area contributed by atoms with Crippen molar-refractivity contribution in [1.29, 1.82) is 0 Å². The molecule has 0 aromatic carbocycles. The van der Waals surface area contributed by atoms with Gasteiger partial charge in [-0.25, -0.2) is 4.98 Å². The first kappa shape index (κ1) is 18.9. The van der Waals surface area contributed by atoms with Gasteiger partial charge in [0.15, 0.2) is 5.96 Å². The lowest BCUT2D eigenvalue weighted by Crippen LogP contribution is -2.37. The van der Waals surface area contributed by atoms with Gasteiger partial charge in [-0.2, -0.15) is 5.10 Å². The third-order valence-electron chi connectivity index (χ3n) is 3.16. The molecule has 0 radical (unpaired) electrons. The van der Waals surface area contributed by atoms with Crippen LogP contribution in [-0.4, -0.2) is 39.7 Å². The Morgan fingerprint density at radius 2 is 2.18 bits per heavy atom. The van der Waals surface area contributed by atoms with Crippen LogP contribution < -0.4 is 5.32 Å². The second kappa shape index (κ2) is 8.47. The second-order valence-corrected chi connectivity index (χ2v) is 6.31. The highest BCUT2D eigenvalue weighted by Crippen LogP contribution is 2.16. The van der Waals surface area contributed by atoms with E-state index >= 15 is 0 Å². The van der Waals surface area contributed by atoms with Crippen LogP contribution in [0.15, 0.2) is 17.4 Å². The Balaban J connectivity index is 0.00000242. The van der Waals surface area contributed by atoms with Gasteiger partial charge in [-0.3, -0.25) is 9.67 Å². The molecule has 122 valence electrons. The van der Waals surface area contributed by atoms with Crippen LogP contribution >= 0.6 is 35.3 Å². The highest BCUT2D eigenvalue weighted by atomic mass is 127. The molecule has 22 heavy (non-hydrogen) atoms. The van der Waals surface area contributed by atoms with Crippen molar-refractivity contribution in [3.8, 4) is 0 Å². The van der Waals surface area contributed by atoms with Gasteiger partial charge in [0.2, 0.25) is 0 Å². The number of halogens is 1. The Hall–Kier alpha value is -1.16. The SMILES string of the molecule is CN=C(NCc1sc(C)nc1C)N(C)Cc1cnn(C)c1.I. The second-order valence-electron chi connectivity index (χ2n) is 5.02. The van der Waals surface area contributed by atoms with Gasteiger partial charge in [0, 0.05) is 44.3 Å². The fourth-order valence-corrected chi connectivity index (χ4v) is 3.06. The minimum absolute atomic E-state index is 0. The first-order valence-corrected chi connectivity index (χ1v) is 7.63. The number of thiazole rings is 1. The van der Waals surface area contributed by atoms with Crippen molar-refractivity contribution in [1.82, 2.24) is 25.0 Å². The number of aliphatic imine (C=N–C) groups is 1. The van der Waals surface area contributed by atoms with Crippen LogP contribution in [0.25, 0.3) is 0 Å². The number of rotatable bonds is 4. The fourth-order valence-electron chi connectivity index (χ4n) is 2.18. The van der Waals surface area contributed by atoms with Crippen LogP contribution in [0.3, 0.4) is 0 Å². The van der Waals surface area contributed by atoms with E-state index in [1.165, 1.54) is 4.88 Å². The quantitative estimate of drug-likeness (QED) is 0.456. The van der Waals surface area contributed by atoms with Gasteiger partial charge in [0.1, 0.15) is 0 Å². The van der Waals surface area contributed by atoms with Crippen molar-refractivity contribution in [2.45, 2.75) is 26.9 Å². The minimum Gasteiger partial charge on any atom is -0.351 e. The molecule has 0 unspecified atom stereocenters. The van der Waals surface area contributed by atoms with Gasteiger partial charge in [0.05, 0.1) is 23.4 Å². The lowest BCUT2D eigenvalue weighted by molar-refractivity contribution is 0.476. The van der Waals surface area contributed by atoms with Crippen LogP contribution in [0.4, 0.5) is 0 Å². The molecule has 0 fully saturated rings. The van der Waals surface area contributed by atoms with Crippen LogP contribution in [-0.2, 0) is 20.1 Å². The lowest BCUT2D eigenvalue weighted by atomic mass is 10.3. The fraction of sp³-hybridized carbons (Fsp3) is 0.500. The summed E-state index contributed by atoms with van der Waals surface area (Å²) in [6.07, 6.45) is 3.89. The molecule has 2 aromatic heterocycles. The number of nitrogens with one attached hydrogen (secondary N) is 1. The molecule has 0 saturated heterocycles. The third kappa shape index (κ3) is 4.94. The Kier molecular flexibility index (Phi) is 7.27. The minimum atomic E-state index is 0. The first-order valence-electron chi connectivity index (χ1n) is 6.81. The summed E-state index contributed by atoms with van der Waals surface area (Å²) in [6, 6.07) is 0. The van der Waals surface area contributed by atoms with E-state index in [1.54, 1.807) is 18.4 Å². The highest BCUT2D eigenvalue weighted by molar-refractivity contribution is 14.0. The van der Waals surface area contributed by atoms with Gasteiger partial charge >= 0.3 is 0 Å². The zero-order valence-corrected chi connectivity index (χ0v) is 16.8. The van der Waals surface area contributed by atoms with Crippen LogP contribution in [0.1, 0.15) is 21.1 Å². The van der Waals surface area contributed by atoms with Crippen LogP contribution in [0.2, 0.25) is 0 Å². The van der Waals surface area contributed by atoms with Crippen molar-refractivity contribution >= 4 is 41.3 Å². The van der Waals surface area contributed by atoms with E-state index in [-0.39, 0.29) is 24.0 Å². The molecule has 2 aromatic rings. The summed E-state index contributed by atoms with van der Waals surface area (Å²) >= 11 is 1.73. The average Bonchev–Trinajstić information content (AvgIpc) is 2.96. The largest absolute Gasteiger partial charge is 0.351 e. The van der Waals surface area contributed by atoms with E-state index in [0.717, 1.165) is 35.3 Å². The predicted octanol–water partition coefficient (Wildman–Crippen LogP) is 2.32. The zero-order chi connectivity index (χ0) is 15.4. The number of nitrogens with zero attached hydrogens (tertiary/aromatic N) is 5. The van der Waals surface area contributed by atoms with E-state index in [2.05, 4.69) is 25.3 Å². The zero-order valence-electron chi connectivity index (χ0n) is 13.6. The summed E-state index contributed by atoms with van der Waals surface area (Å²) < 4.78 is 1.81. The summed E-state index contributed by atoms with van der Waals surface area (Å²) in [5, 5.41) is 8.67. The van der Waals surface area contributed by atoms with Gasteiger partial charge in [-0.05, 0) is 13.8 Å². The van der Waals surface area contributed by atoms with E-state index in [4.69, 9.17) is 0 Å². The molecule has 0 aliphatic heterocycles. The Bertz CT molecular complexity index is 633. The van der Waals surface area contributed by atoms with Crippen molar-refractivity contribution in [3.63, 3.8) is 0 Å². The molecule has 0 bridgehead atoms. The van der Waals surface area contributed by atoms with E-state index < -0.39 is 0 Å². The Morgan fingerprint density at radius 3 is 2.68 bits per heavy atom. The highest BCUT2D eigenvalue weighted by Gasteiger charge is 2.10.